The Bertz CT molecular complexity index is 708. The van der Waals surface area contributed by atoms with Gasteiger partial charge in [0.05, 0.1) is 6.42 Å². The zero-order valence-electron chi connectivity index (χ0n) is 13.1. The van der Waals surface area contributed by atoms with Gasteiger partial charge in [-0.25, -0.2) is 0 Å². The number of rotatable bonds is 3. The summed E-state index contributed by atoms with van der Waals surface area (Å²) in [7, 11) is 0. The van der Waals surface area contributed by atoms with Gasteiger partial charge in [-0.1, -0.05) is 36.4 Å². The summed E-state index contributed by atoms with van der Waals surface area (Å²) in [5, 5.41) is 0. The third-order valence-corrected chi connectivity index (χ3v) is 3.64. The predicted octanol–water partition coefficient (Wildman–Crippen LogP) is 2.62. The van der Waals surface area contributed by atoms with Crippen LogP contribution in [0.25, 0.3) is 0 Å². The number of hydrazine groups is 1. The van der Waals surface area contributed by atoms with Crippen LogP contribution in [0.2, 0.25) is 0 Å². The summed E-state index contributed by atoms with van der Waals surface area (Å²) in [5.74, 6) is -0.559. The second-order valence-electron chi connectivity index (χ2n) is 5.41. The summed E-state index contributed by atoms with van der Waals surface area (Å²) in [6, 6.07) is 13.1. The first-order valence-electron chi connectivity index (χ1n) is 7.18. The molecule has 0 aliphatic rings. The largest absolute Gasteiger partial charge is 0.273 e. The molecule has 2 rings (SSSR count). The zero-order chi connectivity index (χ0) is 16.1. The van der Waals surface area contributed by atoms with E-state index >= 15 is 0 Å². The highest BCUT2D eigenvalue weighted by Gasteiger charge is 2.10. The van der Waals surface area contributed by atoms with Crippen LogP contribution in [0.1, 0.15) is 32.6 Å². The molecular formula is C18H20N2O2. The highest BCUT2D eigenvalue weighted by Crippen LogP contribution is 2.10. The van der Waals surface area contributed by atoms with Crippen LogP contribution in [0.5, 0.6) is 0 Å². The fourth-order valence-corrected chi connectivity index (χ4v) is 2.16. The van der Waals surface area contributed by atoms with Crippen LogP contribution in [0.4, 0.5) is 0 Å². The average Bonchev–Trinajstić information content (AvgIpc) is 2.49. The van der Waals surface area contributed by atoms with Crippen LogP contribution in [0.3, 0.4) is 0 Å². The number of benzene rings is 2. The van der Waals surface area contributed by atoms with Crippen molar-refractivity contribution in [3.8, 4) is 0 Å². The molecule has 114 valence electrons. The van der Waals surface area contributed by atoms with Gasteiger partial charge in [0.25, 0.3) is 5.91 Å². The Morgan fingerprint density at radius 1 is 0.864 bits per heavy atom. The fraction of sp³-hybridized carbons (Fsp3) is 0.222. The molecule has 0 unspecified atom stereocenters. The Hall–Kier alpha value is -2.62. The summed E-state index contributed by atoms with van der Waals surface area (Å²) < 4.78 is 0. The molecule has 2 aromatic rings. The lowest BCUT2D eigenvalue weighted by Crippen LogP contribution is -2.42. The van der Waals surface area contributed by atoms with Gasteiger partial charge in [0.2, 0.25) is 5.91 Å². The Balaban J connectivity index is 1.91. The number of aryl methyl sites for hydroxylation is 3. The predicted molar refractivity (Wildman–Crippen MR) is 86.4 cm³/mol. The van der Waals surface area contributed by atoms with Crippen molar-refractivity contribution in [2.75, 3.05) is 0 Å². The minimum absolute atomic E-state index is 0.231. The molecule has 0 saturated carbocycles. The lowest BCUT2D eigenvalue weighted by Gasteiger charge is -2.09. The molecule has 0 heterocycles. The summed E-state index contributed by atoms with van der Waals surface area (Å²) in [6.45, 7) is 5.89. The molecule has 0 atom stereocenters. The van der Waals surface area contributed by atoms with Gasteiger partial charge in [0.15, 0.2) is 0 Å². The second-order valence-corrected chi connectivity index (χ2v) is 5.41. The van der Waals surface area contributed by atoms with E-state index in [1.807, 2.05) is 51.1 Å². The number of hydrogen-bond donors (Lipinski definition) is 2. The first-order valence-corrected chi connectivity index (χ1v) is 7.18. The molecule has 4 nitrogen and oxygen atoms in total. The normalized spacial score (nSPS) is 10.1. The summed E-state index contributed by atoms with van der Waals surface area (Å²) in [5.41, 5.74) is 9.57. The molecule has 4 heteroatoms. The second kappa shape index (κ2) is 6.89. The lowest BCUT2D eigenvalue weighted by atomic mass is 10.0. The monoisotopic (exact) mass is 296 g/mol. The molecule has 0 aliphatic heterocycles. The molecule has 2 aromatic carbocycles. The van der Waals surface area contributed by atoms with Crippen molar-refractivity contribution >= 4 is 11.8 Å². The maximum Gasteiger partial charge on any atom is 0.269 e. The minimum Gasteiger partial charge on any atom is -0.273 e. The van der Waals surface area contributed by atoms with E-state index in [2.05, 4.69) is 10.9 Å². The molecule has 2 N–H and O–H groups in total. The van der Waals surface area contributed by atoms with E-state index in [4.69, 9.17) is 0 Å². The number of carbonyl (C=O) groups is 2. The van der Waals surface area contributed by atoms with E-state index in [0.717, 1.165) is 16.7 Å². The number of hydrogen-bond acceptors (Lipinski definition) is 2. The van der Waals surface area contributed by atoms with Crippen molar-refractivity contribution in [3.63, 3.8) is 0 Å². The molecule has 0 saturated heterocycles. The molecule has 0 aromatic heterocycles. The van der Waals surface area contributed by atoms with Crippen LogP contribution >= 0.6 is 0 Å². The van der Waals surface area contributed by atoms with Gasteiger partial charge in [-0.2, -0.15) is 0 Å². The summed E-state index contributed by atoms with van der Waals surface area (Å²) in [6.07, 6.45) is 0.231. The molecule has 0 spiro atoms. The van der Waals surface area contributed by atoms with Crippen molar-refractivity contribution in [1.29, 1.82) is 0 Å². The highest BCUT2D eigenvalue weighted by atomic mass is 16.2. The maximum atomic E-state index is 12.0. The molecule has 0 aliphatic carbocycles. The van der Waals surface area contributed by atoms with Crippen molar-refractivity contribution in [2.24, 2.45) is 0 Å². The maximum absolute atomic E-state index is 12.0. The smallest absolute Gasteiger partial charge is 0.269 e. The van der Waals surface area contributed by atoms with E-state index in [1.165, 1.54) is 5.56 Å². The first kappa shape index (κ1) is 15.8. The first-order chi connectivity index (χ1) is 10.5. The fourth-order valence-electron chi connectivity index (χ4n) is 2.16. The lowest BCUT2D eigenvalue weighted by molar-refractivity contribution is -0.121. The van der Waals surface area contributed by atoms with Crippen molar-refractivity contribution in [2.45, 2.75) is 27.2 Å². The van der Waals surface area contributed by atoms with Gasteiger partial charge in [-0.05, 0) is 49.1 Å². The van der Waals surface area contributed by atoms with E-state index < -0.39 is 0 Å². The van der Waals surface area contributed by atoms with Crippen LogP contribution in [-0.2, 0) is 11.2 Å². The SMILES string of the molecule is Cc1ccc(CC(=O)NNC(=O)c2ccccc2C)cc1C. The van der Waals surface area contributed by atoms with Gasteiger partial charge in [0, 0.05) is 5.56 Å². The third-order valence-electron chi connectivity index (χ3n) is 3.64. The summed E-state index contributed by atoms with van der Waals surface area (Å²) in [4.78, 5) is 23.9. The van der Waals surface area contributed by atoms with Gasteiger partial charge < -0.3 is 0 Å². The quantitative estimate of drug-likeness (QED) is 0.855. The van der Waals surface area contributed by atoms with Gasteiger partial charge in [0.1, 0.15) is 0 Å². The van der Waals surface area contributed by atoms with Crippen LogP contribution < -0.4 is 10.9 Å². The number of nitrogens with one attached hydrogen (secondary N) is 2. The Morgan fingerprint density at radius 3 is 2.27 bits per heavy atom. The minimum atomic E-state index is -0.313. The van der Waals surface area contributed by atoms with E-state index in [-0.39, 0.29) is 18.2 Å². The van der Waals surface area contributed by atoms with Crippen molar-refractivity contribution in [3.05, 3.63) is 70.3 Å². The Labute approximate surface area is 130 Å². The van der Waals surface area contributed by atoms with Gasteiger partial charge >= 0.3 is 0 Å². The Kier molecular flexibility index (Phi) is 4.94. The molecular weight excluding hydrogens is 276 g/mol. The van der Waals surface area contributed by atoms with Crippen molar-refractivity contribution < 1.29 is 9.59 Å². The Morgan fingerprint density at radius 2 is 1.59 bits per heavy atom. The van der Waals surface area contributed by atoms with Crippen LogP contribution in [0, 0.1) is 20.8 Å². The van der Waals surface area contributed by atoms with Gasteiger partial charge in [-0.15, -0.1) is 0 Å². The molecule has 22 heavy (non-hydrogen) atoms. The topological polar surface area (TPSA) is 58.2 Å². The molecule has 0 fully saturated rings. The molecule has 0 radical (unpaired) electrons. The summed E-state index contributed by atoms with van der Waals surface area (Å²) >= 11 is 0. The molecule has 0 bridgehead atoms. The highest BCUT2D eigenvalue weighted by molar-refractivity contribution is 5.96. The standard InChI is InChI=1S/C18H20N2O2/c1-12-8-9-15(10-14(12)3)11-17(21)19-20-18(22)16-7-5-4-6-13(16)2/h4-10H,11H2,1-3H3,(H,19,21)(H,20,22). The number of amides is 2. The zero-order valence-corrected chi connectivity index (χ0v) is 13.1. The van der Waals surface area contributed by atoms with Gasteiger partial charge in [-0.3, -0.25) is 20.4 Å². The number of carbonyl (C=O) groups excluding carboxylic acids is 2. The van der Waals surface area contributed by atoms with E-state index in [1.54, 1.807) is 12.1 Å². The van der Waals surface area contributed by atoms with E-state index in [0.29, 0.717) is 5.56 Å². The third kappa shape index (κ3) is 3.95. The van der Waals surface area contributed by atoms with Crippen LogP contribution in [-0.4, -0.2) is 11.8 Å². The average molecular weight is 296 g/mol. The van der Waals surface area contributed by atoms with Crippen molar-refractivity contribution in [1.82, 2.24) is 10.9 Å². The molecule has 2 amide bonds. The van der Waals surface area contributed by atoms with Crippen LogP contribution in [0.15, 0.2) is 42.5 Å². The van der Waals surface area contributed by atoms with E-state index in [9.17, 15) is 9.59 Å².